The topological polar surface area (TPSA) is 91.9 Å². The smallest absolute Gasteiger partial charge is 0.240 e. The predicted molar refractivity (Wildman–Crippen MR) is 130 cm³/mol. The number of nitrogens with one attached hydrogen (secondary N) is 2. The zero-order chi connectivity index (χ0) is 22.9. The van der Waals surface area contributed by atoms with Crippen LogP contribution in [0.4, 0.5) is 0 Å². The zero-order valence-electron chi connectivity index (χ0n) is 17.3. The summed E-state index contributed by atoms with van der Waals surface area (Å²) in [6, 6.07) is 17.7. The van der Waals surface area contributed by atoms with E-state index in [0.29, 0.717) is 21.3 Å². The van der Waals surface area contributed by atoms with Crippen molar-refractivity contribution in [1.29, 1.82) is 0 Å². The van der Waals surface area contributed by atoms with Crippen molar-refractivity contribution < 1.29 is 12.6 Å². The van der Waals surface area contributed by atoms with Crippen LogP contribution in [0, 0.1) is 0 Å². The molecular formula is C23H20ClN3O3S2. The number of aromatic amines is 1. The molecule has 4 aromatic rings. The molecule has 1 atom stereocenters. The Morgan fingerprint density at radius 3 is 2.59 bits per heavy atom. The van der Waals surface area contributed by atoms with Gasteiger partial charge in [-0.3, -0.25) is 4.21 Å². The Bertz CT molecular complexity index is 1480. The largest absolute Gasteiger partial charge is 0.338 e. The summed E-state index contributed by atoms with van der Waals surface area (Å²) in [5.74, 6) is 0.621. The van der Waals surface area contributed by atoms with E-state index >= 15 is 0 Å². The molecule has 164 valence electrons. The van der Waals surface area contributed by atoms with Crippen molar-refractivity contribution in [3.8, 4) is 11.1 Å². The molecule has 0 bridgehead atoms. The number of halogens is 1. The van der Waals surface area contributed by atoms with Crippen LogP contribution >= 0.6 is 11.6 Å². The number of nitrogens with zero attached hydrogens (tertiary/aromatic N) is 1. The van der Waals surface area contributed by atoms with Gasteiger partial charge in [-0.1, -0.05) is 48.0 Å². The van der Waals surface area contributed by atoms with Gasteiger partial charge in [0.05, 0.1) is 26.7 Å². The molecule has 1 aromatic heterocycles. The number of fused-ring (bicyclic) bond motifs is 1. The molecule has 1 heterocycles. The maximum Gasteiger partial charge on any atom is 0.240 e. The molecular weight excluding hydrogens is 466 g/mol. The van der Waals surface area contributed by atoms with E-state index in [4.69, 9.17) is 11.6 Å². The van der Waals surface area contributed by atoms with Crippen LogP contribution in [0.3, 0.4) is 0 Å². The van der Waals surface area contributed by atoms with Crippen LogP contribution in [0.1, 0.15) is 11.4 Å². The van der Waals surface area contributed by atoms with E-state index in [9.17, 15) is 12.6 Å². The molecule has 0 saturated carbocycles. The molecule has 2 N–H and O–H groups in total. The van der Waals surface area contributed by atoms with E-state index in [1.807, 2.05) is 30.3 Å². The second-order valence-electron chi connectivity index (χ2n) is 7.03. The Kier molecular flexibility index (Phi) is 6.30. The fraction of sp³-hybridized carbons (Fsp3) is 0.0870. The van der Waals surface area contributed by atoms with E-state index < -0.39 is 20.8 Å². The molecule has 0 amide bonds. The normalized spacial score (nSPS) is 13.1. The number of sulfonamides is 1. The van der Waals surface area contributed by atoms with Gasteiger partial charge >= 0.3 is 0 Å². The van der Waals surface area contributed by atoms with Crippen LogP contribution in [-0.4, -0.2) is 35.9 Å². The second-order valence-corrected chi connectivity index (χ2v) is 10.7. The molecule has 9 heteroatoms. The first-order chi connectivity index (χ1) is 15.3. The SMILES string of the molecule is CNS(=O)(=O)c1ccccc1-c1ccc2nc(/C=C/c3ccc(Cl)cc3S(C)=O)[nH]c2c1. The van der Waals surface area contributed by atoms with Crippen molar-refractivity contribution in [3.63, 3.8) is 0 Å². The van der Waals surface area contributed by atoms with Crippen molar-refractivity contribution in [1.82, 2.24) is 14.7 Å². The van der Waals surface area contributed by atoms with Crippen molar-refractivity contribution in [2.24, 2.45) is 0 Å². The third kappa shape index (κ3) is 4.54. The minimum absolute atomic E-state index is 0.212. The van der Waals surface area contributed by atoms with Crippen LogP contribution in [0.2, 0.25) is 5.02 Å². The van der Waals surface area contributed by atoms with Crippen molar-refractivity contribution in [2.75, 3.05) is 13.3 Å². The van der Waals surface area contributed by atoms with E-state index in [1.54, 1.807) is 48.7 Å². The molecule has 0 saturated heterocycles. The lowest BCUT2D eigenvalue weighted by molar-refractivity contribution is 0.588. The lowest BCUT2D eigenvalue weighted by atomic mass is 10.1. The van der Waals surface area contributed by atoms with Crippen LogP contribution in [0.5, 0.6) is 0 Å². The Hall–Kier alpha value is -2.78. The molecule has 0 spiro atoms. The van der Waals surface area contributed by atoms with Crippen molar-refractivity contribution >= 4 is 55.6 Å². The Morgan fingerprint density at radius 1 is 1.06 bits per heavy atom. The van der Waals surface area contributed by atoms with Crippen molar-refractivity contribution in [2.45, 2.75) is 9.79 Å². The molecule has 0 aliphatic rings. The first kappa shape index (κ1) is 22.4. The summed E-state index contributed by atoms with van der Waals surface area (Å²) < 4.78 is 39.2. The average molecular weight is 486 g/mol. The number of imidazole rings is 1. The molecule has 32 heavy (non-hydrogen) atoms. The standard InChI is InChI=1S/C23H20ClN3O3S2/c1-25-32(29,30)22-6-4-3-5-18(22)16-8-11-19-20(13-16)27-23(26-19)12-9-15-7-10-17(24)14-21(15)31(2)28/h3-14,25H,1-2H3,(H,26,27)/b12-9+. The first-order valence-electron chi connectivity index (χ1n) is 9.62. The number of rotatable bonds is 6. The summed E-state index contributed by atoms with van der Waals surface area (Å²) in [6.45, 7) is 0. The summed E-state index contributed by atoms with van der Waals surface area (Å²) in [5.41, 5.74) is 3.67. The van der Waals surface area contributed by atoms with Gasteiger partial charge in [0.25, 0.3) is 0 Å². The number of benzene rings is 3. The van der Waals surface area contributed by atoms with Crippen LogP contribution in [0.15, 0.2) is 70.5 Å². The fourth-order valence-corrected chi connectivity index (χ4v) is 5.34. The highest BCUT2D eigenvalue weighted by molar-refractivity contribution is 7.89. The van der Waals surface area contributed by atoms with E-state index in [-0.39, 0.29) is 4.90 Å². The second kappa shape index (κ2) is 8.99. The fourth-order valence-electron chi connectivity index (χ4n) is 3.39. The minimum Gasteiger partial charge on any atom is -0.338 e. The number of H-pyrrole nitrogens is 1. The molecule has 6 nitrogen and oxygen atoms in total. The van der Waals surface area contributed by atoms with Gasteiger partial charge in [0.2, 0.25) is 10.0 Å². The summed E-state index contributed by atoms with van der Waals surface area (Å²) in [4.78, 5) is 8.67. The third-order valence-electron chi connectivity index (χ3n) is 4.96. The van der Waals surface area contributed by atoms with Gasteiger partial charge in [-0.15, -0.1) is 0 Å². The number of hydrogen-bond donors (Lipinski definition) is 2. The summed E-state index contributed by atoms with van der Waals surface area (Å²) in [5, 5.41) is 0.532. The maximum absolute atomic E-state index is 12.4. The van der Waals surface area contributed by atoms with Crippen LogP contribution < -0.4 is 4.72 Å². The van der Waals surface area contributed by atoms with Gasteiger partial charge in [0, 0.05) is 21.7 Å². The highest BCUT2D eigenvalue weighted by atomic mass is 35.5. The van der Waals surface area contributed by atoms with E-state index in [0.717, 1.165) is 22.2 Å². The Balaban J connectivity index is 1.72. The summed E-state index contributed by atoms with van der Waals surface area (Å²) in [7, 11) is -3.39. The van der Waals surface area contributed by atoms with Gasteiger partial charge in [0.15, 0.2) is 0 Å². The predicted octanol–water partition coefficient (Wildman–Crippen LogP) is 4.70. The minimum atomic E-state index is -3.60. The quantitative estimate of drug-likeness (QED) is 0.414. The first-order valence-corrected chi connectivity index (χ1v) is 13.0. The lowest BCUT2D eigenvalue weighted by Crippen LogP contribution is -2.19. The van der Waals surface area contributed by atoms with Gasteiger partial charge in [0.1, 0.15) is 5.82 Å². The molecule has 4 rings (SSSR count). The van der Waals surface area contributed by atoms with Crippen LogP contribution in [-0.2, 0) is 20.8 Å². The monoisotopic (exact) mass is 485 g/mol. The Morgan fingerprint density at radius 2 is 1.84 bits per heavy atom. The Labute approximate surface area is 193 Å². The molecule has 1 unspecified atom stereocenters. The molecule has 0 radical (unpaired) electrons. The van der Waals surface area contributed by atoms with Gasteiger partial charge < -0.3 is 4.98 Å². The van der Waals surface area contributed by atoms with Gasteiger partial charge in [-0.2, -0.15) is 0 Å². The molecule has 0 aliphatic heterocycles. The highest BCUT2D eigenvalue weighted by Gasteiger charge is 2.17. The van der Waals surface area contributed by atoms with Gasteiger partial charge in [-0.05, 0) is 54.6 Å². The summed E-state index contributed by atoms with van der Waals surface area (Å²) in [6.07, 6.45) is 5.25. The number of aromatic nitrogens is 2. The van der Waals surface area contributed by atoms with Crippen LogP contribution in [0.25, 0.3) is 34.3 Å². The van der Waals surface area contributed by atoms with E-state index in [2.05, 4.69) is 14.7 Å². The lowest BCUT2D eigenvalue weighted by Gasteiger charge is -2.09. The highest BCUT2D eigenvalue weighted by Crippen LogP contribution is 2.29. The van der Waals surface area contributed by atoms with E-state index in [1.165, 1.54) is 7.05 Å². The average Bonchev–Trinajstić information content (AvgIpc) is 3.20. The summed E-state index contributed by atoms with van der Waals surface area (Å²) >= 11 is 6.03. The van der Waals surface area contributed by atoms with Crippen molar-refractivity contribution in [3.05, 3.63) is 77.1 Å². The molecule has 0 fully saturated rings. The maximum atomic E-state index is 12.4. The zero-order valence-corrected chi connectivity index (χ0v) is 19.7. The molecule has 0 aliphatic carbocycles. The molecule has 3 aromatic carbocycles. The van der Waals surface area contributed by atoms with Gasteiger partial charge in [-0.25, -0.2) is 18.1 Å². The third-order valence-corrected chi connectivity index (χ3v) is 7.64. The number of hydrogen-bond acceptors (Lipinski definition) is 4.